The monoisotopic (exact) mass is 302 g/mol. The molecule has 0 aromatic heterocycles. The first kappa shape index (κ1) is 16.1. The van der Waals surface area contributed by atoms with Gasteiger partial charge in [-0.3, -0.25) is 0 Å². The largest absolute Gasteiger partial charge is 0.416 e. The summed E-state index contributed by atoms with van der Waals surface area (Å²) in [6.07, 6.45) is -1.48. The summed E-state index contributed by atoms with van der Waals surface area (Å²) in [7, 11) is 1.73. The smallest absolute Gasteiger partial charge is 0.391 e. The van der Waals surface area contributed by atoms with Crippen LogP contribution in [0.25, 0.3) is 0 Å². The number of aliphatic hydroxyl groups excluding tert-OH is 1. The maximum Gasteiger partial charge on any atom is 0.416 e. The van der Waals surface area contributed by atoms with Gasteiger partial charge in [0.1, 0.15) is 0 Å². The molecule has 21 heavy (non-hydrogen) atoms. The molecule has 2 rings (SSSR count). The van der Waals surface area contributed by atoms with Crippen molar-refractivity contribution in [2.75, 3.05) is 11.9 Å². The summed E-state index contributed by atoms with van der Waals surface area (Å²) < 4.78 is 39.2. The Morgan fingerprint density at radius 3 is 2.52 bits per heavy atom. The molecule has 3 nitrogen and oxygen atoms in total. The average Bonchev–Trinajstić information content (AvgIpc) is 2.45. The van der Waals surface area contributed by atoms with Gasteiger partial charge < -0.3 is 15.7 Å². The summed E-state index contributed by atoms with van der Waals surface area (Å²) >= 11 is 0. The second kappa shape index (κ2) is 6.23. The maximum atomic E-state index is 13.1. The van der Waals surface area contributed by atoms with Gasteiger partial charge in [0.05, 0.1) is 17.7 Å². The number of nitrogens with two attached hydrogens (primary N) is 1. The number of halogens is 3. The van der Waals surface area contributed by atoms with Crippen molar-refractivity contribution in [3.63, 3.8) is 0 Å². The molecule has 3 N–H and O–H groups in total. The number of rotatable bonds is 3. The van der Waals surface area contributed by atoms with E-state index in [0.29, 0.717) is 12.1 Å². The van der Waals surface area contributed by atoms with Crippen molar-refractivity contribution >= 4 is 5.69 Å². The van der Waals surface area contributed by atoms with E-state index >= 15 is 0 Å². The van der Waals surface area contributed by atoms with E-state index < -0.39 is 17.8 Å². The third-order valence-corrected chi connectivity index (χ3v) is 4.22. The molecule has 1 aromatic rings. The lowest BCUT2D eigenvalue weighted by atomic mass is 9.91. The van der Waals surface area contributed by atoms with Gasteiger partial charge in [0, 0.05) is 19.3 Å². The molecule has 2 unspecified atom stereocenters. The van der Waals surface area contributed by atoms with Gasteiger partial charge in [0.25, 0.3) is 0 Å². The number of anilines is 1. The van der Waals surface area contributed by atoms with Crippen molar-refractivity contribution in [2.45, 2.75) is 50.6 Å². The Labute approximate surface area is 122 Å². The van der Waals surface area contributed by atoms with Gasteiger partial charge in [0.15, 0.2) is 0 Å². The third kappa shape index (κ3) is 3.49. The van der Waals surface area contributed by atoms with E-state index in [0.717, 1.165) is 25.3 Å². The topological polar surface area (TPSA) is 49.5 Å². The van der Waals surface area contributed by atoms with Gasteiger partial charge in [-0.2, -0.15) is 13.2 Å². The summed E-state index contributed by atoms with van der Waals surface area (Å²) in [5.74, 6) is 0. The first-order valence-corrected chi connectivity index (χ1v) is 7.15. The average molecular weight is 302 g/mol. The molecule has 1 saturated carbocycles. The van der Waals surface area contributed by atoms with Crippen molar-refractivity contribution in [1.29, 1.82) is 0 Å². The number of nitrogens with zero attached hydrogens (tertiary/aromatic N) is 1. The van der Waals surface area contributed by atoms with E-state index in [-0.39, 0.29) is 18.2 Å². The van der Waals surface area contributed by atoms with E-state index in [1.54, 1.807) is 18.0 Å². The number of benzene rings is 1. The third-order valence-electron chi connectivity index (χ3n) is 4.22. The van der Waals surface area contributed by atoms with Crippen LogP contribution in [0.5, 0.6) is 0 Å². The van der Waals surface area contributed by atoms with Crippen molar-refractivity contribution in [3.8, 4) is 0 Å². The van der Waals surface area contributed by atoms with Crippen LogP contribution in [0.15, 0.2) is 18.2 Å². The minimum absolute atomic E-state index is 0.0869. The zero-order valence-corrected chi connectivity index (χ0v) is 12.0. The number of aliphatic hydroxyl groups is 1. The lowest BCUT2D eigenvalue weighted by molar-refractivity contribution is -0.138. The molecule has 0 spiro atoms. The van der Waals surface area contributed by atoms with Gasteiger partial charge in [-0.05, 0) is 30.5 Å². The summed E-state index contributed by atoms with van der Waals surface area (Å²) in [6, 6.07) is 4.05. The van der Waals surface area contributed by atoms with Crippen LogP contribution in [-0.4, -0.2) is 24.3 Å². The number of hydrogen-bond donors (Lipinski definition) is 2. The first-order chi connectivity index (χ1) is 9.84. The quantitative estimate of drug-likeness (QED) is 0.902. The SMILES string of the molecule is CN(c1ccc(CN)c(C(F)(F)F)c1)C1CCCCC1O. The summed E-state index contributed by atoms with van der Waals surface area (Å²) in [4.78, 5) is 1.75. The molecule has 1 aliphatic rings. The lowest BCUT2D eigenvalue weighted by Gasteiger charge is -2.37. The second-order valence-corrected chi connectivity index (χ2v) is 5.57. The van der Waals surface area contributed by atoms with Crippen molar-refractivity contribution in [3.05, 3.63) is 29.3 Å². The highest BCUT2D eigenvalue weighted by Gasteiger charge is 2.34. The summed E-state index contributed by atoms with van der Waals surface area (Å²) in [5.41, 5.74) is 5.24. The Morgan fingerprint density at radius 2 is 1.95 bits per heavy atom. The Morgan fingerprint density at radius 1 is 1.29 bits per heavy atom. The predicted octanol–water partition coefficient (Wildman–Crippen LogP) is 2.90. The van der Waals surface area contributed by atoms with Crippen LogP contribution < -0.4 is 10.6 Å². The fourth-order valence-corrected chi connectivity index (χ4v) is 2.96. The molecule has 1 fully saturated rings. The second-order valence-electron chi connectivity index (χ2n) is 5.57. The van der Waals surface area contributed by atoms with Crippen molar-refractivity contribution in [2.24, 2.45) is 5.73 Å². The zero-order valence-electron chi connectivity index (χ0n) is 12.0. The molecular weight excluding hydrogens is 281 g/mol. The highest BCUT2D eigenvalue weighted by Crippen LogP contribution is 2.35. The Balaban J connectivity index is 2.31. The molecule has 1 aliphatic carbocycles. The molecule has 0 radical (unpaired) electrons. The van der Waals surface area contributed by atoms with Crippen LogP contribution in [0.4, 0.5) is 18.9 Å². The normalized spacial score (nSPS) is 23.1. The minimum Gasteiger partial charge on any atom is -0.391 e. The number of hydrogen-bond acceptors (Lipinski definition) is 3. The number of alkyl halides is 3. The fourth-order valence-electron chi connectivity index (χ4n) is 2.96. The van der Waals surface area contributed by atoms with Crippen LogP contribution in [0.3, 0.4) is 0 Å². The molecule has 2 atom stereocenters. The van der Waals surface area contributed by atoms with Crippen molar-refractivity contribution < 1.29 is 18.3 Å². The Kier molecular flexibility index (Phi) is 4.78. The van der Waals surface area contributed by atoms with Gasteiger partial charge in [0.2, 0.25) is 0 Å². The van der Waals surface area contributed by atoms with E-state index in [9.17, 15) is 18.3 Å². The molecule has 118 valence electrons. The van der Waals surface area contributed by atoms with E-state index in [4.69, 9.17) is 5.73 Å². The van der Waals surface area contributed by atoms with E-state index in [1.807, 2.05) is 0 Å². The highest BCUT2D eigenvalue weighted by atomic mass is 19.4. The molecule has 0 bridgehead atoms. The van der Waals surface area contributed by atoms with Crippen molar-refractivity contribution in [1.82, 2.24) is 0 Å². The van der Waals surface area contributed by atoms with E-state index in [1.165, 1.54) is 6.07 Å². The van der Waals surface area contributed by atoms with E-state index in [2.05, 4.69) is 0 Å². The molecule has 6 heteroatoms. The predicted molar refractivity (Wildman–Crippen MR) is 76.0 cm³/mol. The van der Waals surface area contributed by atoms with Crippen LogP contribution >= 0.6 is 0 Å². The fraction of sp³-hybridized carbons (Fsp3) is 0.600. The summed E-state index contributed by atoms with van der Waals surface area (Å²) in [5, 5.41) is 10.0. The molecule has 0 aliphatic heterocycles. The Hall–Kier alpha value is -1.27. The molecule has 0 amide bonds. The van der Waals surface area contributed by atoms with Crippen LogP contribution in [0.1, 0.15) is 36.8 Å². The Bertz CT molecular complexity index is 490. The van der Waals surface area contributed by atoms with Crippen LogP contribution in [-0.2, 0) is 12.7 Å². The maximum absolute atomic E-state index is 13.1. The molecule has 0 heterocycles. The molecule has 1 aromatic carbocycles. The van der Waals surface area contributed by atoms with Gasteiger partial charge in [-0.15, -0.1) is 0 Å². The minimum atomic E-state index is -4.42. The zero-order chi connectivity index (χ0) is 15.6. The van der Waals surface area contributed by atoms with Gasteiger partial charge in [-0.25, -0.2) is 0 Å². The molecule has 0 saturated heterocycles. The standard InChI is InChI=1S/C15H21F3N2O/c1-20(13-4-2-3-5-14(13)21)11-7-6-10(9-19)12(8-11)15(16,17)18/h6-8,13-14,21H,2-5,9,19H2,1H3. The first-order valence-electron chi connectivity index (χ1n) is 7.15. The van der Waals surface area contributed by atoms with Gasteiger partial charge in [-0.1, -0.05) is 18.9 Å². The molecular formula is C15H21F3N2O. The highest BCUT2D eigenvalue weighted by molar-refractivity contribution is 5.52. The van der Waals surface area contributed by atoms with Crippen LogP contribution in [0, 0.1) is 0 Å². The lowest BCUT2D eigenvalue weighted by Crippen LogP contribution is -2.43. The van der Waals surface area contributed by atoms with Crippen LogP contribution in [0.2, 0.25) is 0 Å². The number of likely N-dealkylation sites (N-methyl/N-ethyl adjacent to an activating group) is 1. The summed E-state index contributed by atoms with van der Waals surface area (Å²) in [6.45, 7) is -0.148. The van der Waals surface area contributed by atoms with Gasteiger partial charge >= 0.3 is 6.18 Å².